The van der Waals surface area contributed by atoms with Crippen LogP contribution in [0.1, 0.15) is 5.69 Å². The van der Waals surface area contributed by atoms with Crippen LogP contribution in [-0.2, 0) is 0 Å². The second kappa shape index (κ2) is 2.35. The van der Waals surface area contributed by atoms with Gasteiger partial charge in [0.1, 0.15) is 0 Å². The summed E-state index contributed by atoms with van der Waals surface area (Å²) >= 11 is 3.27. The van der Waals surface area contributed by atoms with Gasteiger partial charge < -0.3 is 0 Å². The lowest BCUT2D eigenvalue weighted by Crippen LogP contribution is -2.32. The van der Waals surface area contributed by atoms with Crippen molar-refractivity contribution in [2.75, 3.05) is 0 Å². The van der Waals surface area contributed by atoms with Crippen LogP contribution in [0, 0.1) is 6.92 Å². The smallest absolute Gasteiger partial charge is 0.245 e. The van der Waals surface area contributed by atoms with Gasteiger partial charge in [-0.25, -0.2) is 0 Å². The fraction of sp³-hybridized carbons (Fsp3) is 0.167. The van der Waals surface area contributed by atoms with Crippen molar-refractivity contribution >= 4 is 15.9 Å². The van der Waals surface area contributed by atoms with Gasteiger partial charge >= 0.3 is 0 Å². The number of hydrogen-bond acceptors (Lipinski definition) is 1. The Morgan fingerprint density at radius 3 is 2.78 bits per heavy atom. The zero-order valence-electron chi connectivity index (χ0n) is 5.00. The summed E-state index contributed by atoms with van der Waals surface area (Å²) in [5, 5.41) is 8.99. The zero-order chi connectivity index (χ0) is 6.85. The van der Waals surface area contributed by atoms with Crippen molar-refractivity contribution < 1.29 is 9.94 Å². The van der Waals surface area contributed by atoms with Crippen molar-refractivity contribution in [1.82, 2.24) is 0 Å². The number of nitrogens with zero attached hydrogens (tertiary/aromatic N) is 1. The molecule has 0 aliphatic heterocycles. The molecule has 1 N–H and O–H groups in total. The van der Waals surface area contributed by atoms with Gasteiger partial charge in [-0.15, -0.1) is 0 Å². The van der Waals surface area contributed by atoms with E-state index < -0.39 is 0 Å². The first-order valence-electron chi connectivity index (χ1n) is 2.58. The van der Waals surface area contributed by atoms with Gasteiger partial charge in [0.15, 0.2) is 0 Å². The third kappa shape index (κ3) is 1.21. The molecule has 2 nitrogen and oxygen atoms in total. The molecule has 0 spiro atoms. The Morgan fingerprint density at radius 2 is 2.33 bits per heavy atom. The summed E-state index contributed by atoms with van der Waals surface area (Å²) in [5.41, 5.74) is 0.803. The van der Waals surface area contributed by atoms with Crippen molar-refractivity contribution in [2.45, 2.75) is 6.92 Å². The number of hydrogen-bond donors (Lipinski definition) is 1. The highest BCUT2D eigenvalue weighted by Crippen LogP contribution is 2.08. The van der Waals surface area contributed by atoms with E-state index in [9.17, 15) is 0 Å². The average molecular weight is 189 g/mol. The van der Waals surface area contributed by atoms with Gasteiger partial charge in [-0.1, -0.05) is 0 Å². The maximum atomic E-state index is 8.99. The highest BCUT2D eigenvalue weighted by molar-refractivity contribution is 9.10. The van der Waals surface area contributed by atoms with Gasteiger partial charge in [-0.05, 0) is 22.0 Å². The highest BCUT2D eigenvalue weighted by Gasteiger charge is 2.05. The molecule has 0 aliphatic rings. The molecular formula is C6H7BrNO+. The third-order valence-corrected chi connectivity index (χ3v) is 2.00. The fourth-order valence-corrected chi connectivity index (χ4v) is 0.885. The molecule has 1 rings (SSSR count). The van der Waals surface area contributed by atoms with Crippen molar-refractivity contribution in [1.29, 1.82) is 0 Å². The fourth-order valence-electron chi connectivity index (χ4n) is 0.551. The van der Waals surface area contributed by atoms with E-state index in [0.29, 0.717) is 0 Å². The molecule has 0 amide bonds. The van der Waals surface area contributed by atoms with Crippen LogP contribution in [0.5, 0.6) is 0 Å². The molecule has 0 aromatic carbocycles. The Balaban J connectivity index is 3.25. The van der Waals surface area contributed by atoms with Gasteiger partial charge in [-0.3, -0.25) is 5.21 Å². The molecule has 1 heterocycles. The van der Waals surface area contributed by atoms with Crippen molar-refractivity contribution in [3.05, 3.63) is 28.5 Å². The lowest BCUT2D eigenvalue weighted by molar-refractivity contribution is -0.909. The number of halogens is 1. The van der Waals surface area contributed by atoms with E-state index in [1.165, 1.54) is 0 Å². The van der Waals surface area contributed by atoms with Gasteiger partial charge in [-0.2, -0.15) is 0 Å². The topological polar surface area (TPSA) is 24.1 Å². The van der Waals surface area contributed by atoms with Crippen LogP contribution in [0.15, 0.2) is 22.8 Å². The summed E-state index contributed by atoms with van der Waals surface area (Å²) < 4.78 is 1.98. The minimum atomic E-state index is 0.803. The van der Waals surface area contributed by atoms with Crippen LogP contribution in [0.4, 0.5) is 0 Å². The standard InChI is InChI=1S/C6H7BrNO/c1-5-6(7)3-2-4-8(5)9/h2-4,9H,1H3/q+1. The number of aromatic nitrogens is 1. The van der Waals surface area contributed by atoms with E-state index >= 15 is 0 Å². The minimum Gasteiger partial charge on any atom is -0.285 e. The van der Waals surface area contributed by atoms with E-state index in [1.54, 1.807) is 12.3 Å². The van der Waals surface area contributed by atoms with Crippen LogP contribution < -0.4 is 4.73 Å². The van der Waals surface area contributed by atoms with Crippen molar-refractivity contribution in [3.63, 3.8) is 0 Å². The van der Waals surface area contributed by atoms with Crippen LogP contribution in [0.2, 0.25) is 0 Å². The average Bonchev–Trinajstić information content (AvgIpc) is 1.83. The maximum absolute atomic E-state index is 8.99. The SMILES string of the molecule is Cc1c(Br)ccc[n+]1O. The molecule has 9 heavy (non-hydrogen) atoms. The predicted octanol–water partition coefficient (Wildman–Crippen LogP) is 1.28. The van der Waals surface area contributed by atoms with Crippen LogP contribution in [0.25, 0.3) is 0 Å². The van der Waals surface area contributed by atoms with E-state index in [4.69, 9.17) is 5.21 Å². The molecule has 0 atom stereocenters. The molecule has 0 fully saturated rings. The van der Waals surface area contributed by atoms with Crippen molar-refractivity contribution in [3.8, 4) is 0 Å². The Labute approximate surface area is 61.8 Å². The Bertz CT molecular complexity index is 204. The molecule has 0 saturated heterocycles. The first-order chi connectivity index (χ1) is 4.22. The van der Waals surface area contributed by atoms with E-state index in [1.807, 2.05) is 13.0 Å². The first-order valence-corrected chi connectivity index (χ1v) is 3.37. The quantitative estimate of drug-likeness (QED) is 0.482. The first kappa shape index (κ1) is 6.55. The van der Waals surface area contributed by atoms with E-state index in [-0.39, 0.29) is 0 Å². The molecule has 3 heteroatoms. The number of pyridine rings is 1. The summed E-state index contributed by atoms with van der Waals surface area (Å²) in [4.78, 5) is 0. The summed E-state index contributed by atoms with van der Waals surface area (Å²) in [5.74, 6) is 0. The predicted molar refractivity (Wildman–Crippen MR) is 36.3 cm³/mol. The summed E-state index contributed by atoms with van der Waals surface area (Å²) in [6.45, 7) is 1.82. The maximum Gasteiger partial charge on any atom is 0.245 e. The van der Waals surface area contributed by atoms with Crippen LogP contribution in [0.3, 0.4) is 0 Å². The molecule has 1 aromatic rings. The molecule has 0 unspecified atom stereocenters. The number of rotatable bonds is 0. The molecule has 0 saturated carbocycles. The molecule has 0 bridgehead atoms. The molecule has 0 radical (unpaired) electrons. The molecular weight excluding hydrogens is 182 g/mol. The van der Waals surface area contributed by atoms with Gasteiger partial charge in [0.25, 0.3) is 0 Å². The second-order valence-electron chi connectivity index (χ2n) is 1.79. The summed E-state index contributed by atoms with van der Waals surface area (Å²) in [7, 11) is 0. The molecule has 48 valence electrons. The summed E-state index contributed by atoms with van der Waals surface area (Å²) in [6.07, 6.45) is 1.58. The second-order valence-corrected chi connectivity index (χ2v) is 2.64. The van der Waals surface area contributed by atoms with Gasteiger partial charge in [0, 0.05) is 17.7 Å². The van der Waals surface area contributed by atoms with Crippen molar-refractivity contribution in [2.24, 2.45) is 0 Å². The highest BCUT2D eigenvalue weighted by atomic mass is 79.9. The normalized spacial score (nSPS) is 9.56. The largest absolute Gasteiger partial charge is 0.285 e. The van der Waals surface area contributed by atoms with Crippen LogP contribution in [-0.4, -0.2) is 5.21 Å². The van der Waals surface area contributed by atoms with Gasteiger partial charge in [0.05, 0.1) is 4.47 Å². The van der Waals surface area contributed by atoms with Gasteiger partial charge in [0.2, 0.25) is 11.9 Å². The Hall–Kier alpha value is -0.570. The minimum absolute atomic E-state index is 0.803. The van der Waals surface area contributed by atoms with E-state index in [2.05, 4.69) is 15.9 Å². The monoisotopic (exact) mass is 188 g/mol. The third-order valence-electron chi connectivity index (χ3n) is 1.16. The summed E-state index contributed by atoms with van der Waals surface area (Å²) in [6, 6.07) is 3.64. The lowest BCUT2D eigenvalue weighted by Gasteiger charge is -1.89. The van der Waals surface area contributed by atoms with E-state index in [0.717, 1.165) is 14.9 Å². The molecule has 0 aliphatic carbocycles. The Kier molecular flexibility index (Phi) is 1.71. The zero-order valence-corrected chi connectivity index (χ0v) is 6.59. The Morgan fingerprint density at radius 1 is 1.67 bits per heavy atom. The molecule has 1 aromatic heterocycles. The lowest BCUT2D eigenvalue weighted by atomic mass is 10.4. The van der Waals surface area contributed by atoms with Crippen LogP contribution >= 0.6 is 15.9 Å².